The fraction of sp³-hybridized carbons (Fsp3) is 0.471. The van der Waals surface area contributed by atoms with Gasteiger partial charge < -0.3 is 10.0 Å². The van der Waals surface area contributed by atoms with Gasteiger partial charge >= 0.3 is 0 Å². The molecule has 2 rings (SSSR count). The van der Waals surface area contributed by atoms with Gasteiger partial charge in [0.15, 0.2) is 0 Å². The van der Waals surface area contributed by atoms with Crippen LogP contribution in [-0.4, -0.2) is 17.6 Å². The Morgan fingerprint density at radius 1 is 1.35 bits per heavy atom. The van der Waals surface area contributed by atoms with E-state index < -0.39 is 0 Å². The van der Waals surface area contributed by atoms with E-state index >= 15 is 0 Å². The smallest absolute Gasteiger partial charge is 0.230 e. The van der Waals surface area contributed by atoms with Gasteiger partial charge in [-0.1, -0.05) is 38.0 Å². The van der Waals surface area contributed by atoms with Crippen molar-refractivity contribution in [3.05, 3.63) is 42.2 Å². The summed E-state index contributed by atoms with van der Waals surface area (Å²) >= 11 is 0. The van der Waals surface area contributed by atoms with E-state index in [1.165, 1.54) is 6.42 Å². The molecule has 0 radical (unpaired) electrons. The van der Waals surface area contributed by atoms with E-state index in [1.807, 2.05) is 31.2 Å². The van der Waals surface area contributed by atoms with Crippen molar-refractivity contribution in [1.82, 2.24) is 0 Å². The number of amides is 1. The summed E-state index contributed by atoms with van der Waals surface area (Å²) in [4.78, 5) is 14.4. The van der Waals surface area contributed by atoms with Gasteiger partial charge in [0.1, 0.15) is 5.76 Å². The molecule has 0 bridgehead atoms. The minimum absolute atomic E-state index is 0.0238. The summed E-state index contributed by atoms with van der Waals surface area (Å²) in [5.74, 6) is 0.227. The number of hydrogen-bond donors (Lipinski definition) is 1. The molecule has 0 atom stereocenters. The Balaban J connectivity index is 2.22. The predicted octanol–water partition coefficient (Wildman–Crippen LogP) is 3.98. The highest BCUT2D eigenvalue weighted by molar-refractivity contribution is 5.95. The van der Waals surface area contributed by atoms with Crippen LogP contribution in [0.3, 0.4) is 0 Å². The second-order valence-electron chi connectivity index (χ2n) is 5.66. The monoisotopic (exact) mass is 273 g/mol. The molecule has 0 saturated heterocycles. The molecule has 108 valence electrons. The molecule has 3 nitrogen and oxygen atoms in total. The number of aryl methyl sites for hydroxylation is 1. The van der Waals surface area contributed by atoms with Gasteiger partial charge in [-0.25, -0.2) is 0 Å². The molecule has 0 heterocycles. The summed E-state index contributed by atoms with van der Waals surface area (Å²) in [6.45, 7) is 5.71. The third kappa shape index (κ3) is 3.62. The van der Waals surface area contributed by atoms with Gasteiger partial charge in [-0.3, -0.25) is 4.79 Å². The topological polar surface area (TPSA) is 40.5 Å². The van der Waals surface area contributed by atoms with Gasteiger partial charge in [0.25, 0.3) is 0 Å². The third-order valence-electron chi connectivity index (χ3n) is 3.87. The molecule has 0 aliphatic heterocycles. The van der Waals surface area contributed by atoms with Crippen LogP contribution < -0.4 is 4.90 Å². The van der Waals surface area contributed by atoms with Crippen LogP contribution in [0.2, 0.25) is 0 Å². The lowest BCUT2D eigenvalue weighted by atomic mass is 9.88. The number of carbonyl (C=O) groups is 1. The zero-order chi connectivity index (χ0) is 14.5. The van der Waals surface area contributed by atoms with Crippen molar-refractivity contribution in [3.8, 4) is 0 Å². The van der Waals surface area contributed by atoms with Crippen molar-refractivity contribution in [2.75, 3.05) is 11.4 Å². The van der Waals surface area contributed by atoms with E-state index in [0.717, 1.165) is 36.9 Å². The summed E-state index contributed by atoms with van der Waals surface area (Å²) in [6.07, 6.45) is 5.38. The number of rotatable bonds is 4. The first kappa shape index (κ1) is 14.6. The van der Waals surface area contributed by atoms with Gasteiger partial charge in [-0.05, 0) is 37.5 Å². The van der Waals surface area contributed by atoms with Gasteiger partial charge in [-0.2, -0.15) is 0 Å². The fourth-order valence-corrected chi connectivity index (χ4v) is 2.84. The van der Waals surface area contributed by atoms with Crippen molar-refractivity contribution >= 4 is 11.6 Å². The highest BCUT2D eigenvalue weighted by Crippen LogP contribution is 2.28. The van der Waals surface area contributed by atoms with Crippen molar-refractivity contribution < 1.29 is 9.90 Å². The van der Waals surface area contributed by atoms with Gasteiger partial charge in [0.2, 0.25) is 5.91 Å². The van der Waals surface area contributed by atoms with Crippen LogP contribution in [0.15, 0.2) is 36.6 Å². The second-order valence-corrected chi connectivity index (χ2v) is 5.66. The highest BCUT2D eigenvalue weighted by Gasteiger charge is 2.27. The first-order valence-corrected chi connectivity index (χ1v) is 7.32. The van der Waals surface area contributed by atoms with E-state index in [2.05, 4.69) is 6.58 Å². The highest BCUT2D eigenvalue weighted by atomic mass is 16.3. The van der Waals surface area contributed by atoms with E-state index in [4.69, 9.17) is 0 Å². The first-order chi connectivity index (χ1) is 9.58. The molecule has 20 heavy (non-hydrogen) atoms. The zero-order valence-corrected chi connectivity index (χ0v) is 12.1. The largest absolute Gasteiger partial charge is 0.511 e. The molecule has 3 heteroatoms. The van der Waals surface area contributed by atoms with Gasteiger partial charge in [0, 0.05) is 11.6 Å². The molecule has 1 saturated carbocycles. The minimum atomic E-state index is 0.0238. The van der Waals surface area contributed by atoms with E-state index in [0.29, 0.717) is 0 Å². The number of hydrogen-bond acceptors (Lipinski definition) is 2. The van der Waals surface area contributed by atoms with E-state index in [-0.39, 0.29) is 24.1 Å². The maximum absolute atomic E-state index is 12.7. The normalized spacial score (nSPS) is 15.8. The molecule has 1 N–H and O–H groups in total. The fourth-order valence-electron chi connectivity index (χ4n) is 2.84. The van der Waals surface area contributed by atoms with Crippen molar-refractivity contribution in [2.24, 2.45) is 5.92 Å². The molecule has 0 aromatic heterocycles. The maximum Gasteiger partial charge on any atom is 0.230 e. The lowest BCUT2D eigenvalue weighted by molar-refractivity contribution is -0.123. The number of nitrogens with zero attached hydrogens (tertiary/aromatic N) is 1. The number of carbonyl (C=O) groups excluding carboxylic acids is 1. The second kappa shape index (κ2) is 6.60. The minimum Gasteiger partial charge on any atom is -0.511 e. The SMILES string of the molecule is C=C(O)CN(C(=O)C1CCCCC1)c1cccc(C)c1. The summed E-state index contributed by atoms with van der Waals surface area (Å²) < 4.78 is 0. The molecular formula is C17H23NO2. The van der Waals surface area contributed by atoms with Crippen molar-refractivity contribution in [1.29, 1.82) is 0 Å². The van der Waals surface area contributed by atoms with Crippen LogP contribution in [0.5, 0.6) is 0 Å². The maximum atomic E-state index is 12.7. The standard InChI is InChI=1S/C17H23NO2/c1-13-7-6-10-16(11-13)18(12-14(2)19)17(20)15-8-4-3-5-9-15/h6-7,10-11,15,19H,2-5,8-9,12H2,1H3. The Labute approximate surface area is 120 Å². The van der Waals surface area contributed by atoms with Gasteiger partial charge in [0.05, 0.1) is 6.54 Å². The Kier molecular flexibility index (Phi) is 4.83. The first-order valence-electron chi connectivity index (χ1n) is 7.32. The zero-order valence-electron chi connectivity index (χ0n) is 12.1. The van der Waals surface area contributed by atoms with Crippen LogP contribution in [-0.2, 0) is 4.79 Å². The molecule has 1 amide bonds. The molecule has 1 aliphatic carbocycles. The summed E-state index contributed by atoms with van der Waals surface area (Å²) in [6, 6.07) is 7.83. The number of benzene rings is 1. The Hall–Kier alpha value is -1.77. The number of aliphatic hydroxyl groups excluding tert-OH is 1. The Morgan fingerprint density at radius 3 is 2.65 bits per heavy atom. The average molecular weight is 273 g/mol. The average Bonchev–Trinajstić information content (AvgIpc) is 2.45. The summed E-state index contributed by atoms with van der Waals surface area (Å²) in [7, 11) is 0. The lowest BCUT2D eigenvalue weighted by Gasteiger charge is -2.29. The quantitative estimate of drug-likeness (QED) is 0.843. The summed E-state index contributed by atoms with van der Waals surface area (Å²) in [5.41, 5.74) is 1.95. The van der Waals surface area contributed by atoms with Crippen LogP contribution in [0.4, 0.5) is 5.69 Å². The molecule has 1 aromatic rings. The summed E-state index contributed by atoms with van der Waals surface area (Å²) in [5, 5.41) is 9.51. The van der Waals surface area contributed by atoms with Crippen LogP contribution in [0, 0.1) is 12.8 Å². The lowest BCUT2D eigenvalue weighted by Crippen LogP contribution is -2.38. The molecule has 1 aliphatic rings. The van der Waals surface area contributed by atoms with Gasteiger partial charge in [-0.15, -0.1) is 0 Å². The van der Waals surface area contributed by atoms with Crippen LogP contribution in [0.25, 0.3) is 0 Å². The molecule has 0 unspecified atom stereocenters. The third-order valence-corrected chi connectivity index (χ3v) is 3.87. The Morgan fingerprint density at radius 2 is 2.05 bits per heavy atom. The van der Waals surface area contributed by atoms with Crippen LogP contribution >= 0.6 is 0 Å². The van der Waals surface area contributed by atoms with Crippen LogP contribution in [0.1, 0.15) is 37.7 Å². The van der Waals surface area contributed by atoms with Crippen molar-refractivity contribution in [2.45, 2.75) is 39.0 Å². The van der Waals surface area contributed by atoms with Crippen molar-refractivity contribution in [3.63, 3.8) is 0 Å². The number of aliphatic hydroxyl groups is 1. The van der Waals surface area contributed by atoms with E-state index in [9.17, 15) is 9.90 Å². The Bertz CT molecular complexity index is 490. The number of anilines is 1. The molecule has 0 spiro atoms. The molecule has 1 fully saturated rings. The van der Waals surface area contributed by atoms with E-state index in [1.54, 1.807) is 4.90 Å². The molecular weight excluding hydrogens is 250 g/mol. The predicted molar refractivity (Wildman–Crippen MR) is 81.9 cm³/mol. The molecule has 1 aromatic carbocycles.